The van der Waals surface area contributed by atoms with Crippen molar-refractivity contribution in [3.8, 4) is 0 Å². The summed E-state index contributed by atoms with van der Waals surface area (Å²) in [6.07, 6.45) is 1.31. The number of furan rings is 1. The number of amides is 2. The average molecular weight is 357 g/mol. The molecule has 3 heterocycles. The van der Waals surface area contributed by atoms with Gasteiger partial charge in [0.15, 0.2) is 10.4 Å². The maximum atomic E-state index is 12.3. The van der Waals surface area contributed by atoms with E-state index in [2.05, 4.69) is 15.9 Å². The maximum Gasteiger partial charge on any atom is 0.410 e. The second-order valence-corrected chi connectivity index (χ2v) is 6.24. The molecule has 0 radical (unpaired) electrons. The molecule has 1 atom stereocenters. The normalized spacial score (nSPS) is 23.5. The third-order valence-electron chi connectivity index (χ3n) is 4.06. The molecule has 2 amide bonds. The zero-order valence-corrected chi connectivity index (χ0v) is 13.3. The highest BCUT2D eigenvalue weighted by atomic mass is 79.9. The predicted octanol–water partition coefficient (Wildman–Crippen LogP) is 2.49. The molecular weight excluding hydrogens is 340 g/mol. The molecule has 0 N–H and O–H groups in total. The van der Waals surface area contributed by atoms with Crippen molar-refractivity contribution in [3.63, 3.8) is 0 Å². The van der Waals surface area contributed by atoms with E-state index in [-0.39, 0.29) is 24.1 Å². The first-order valence-corrected chi connectivity index (χ1v) is 7.85. The van der Waals surface area contributed by atoms with E-state index >= 15 is 0 Å². The minimum Gasteiger partial charge on any atom is -0.447 e. The molecule has 21 heavy (non-hydrogen) atoms. The Bertz CT molecular complexity index is 551. The number of likely N-dealkylation sites (tertiary alicyclic amines) is 1. The summed E-state index contributed by atoms with van der Waals surface area (Å²) in [6.45, 7) is 3.69. The van der Waals surface area contributed by atoms with Gasteiger partial charge in [0.1, 0.15) is 6.61 Å². The molecule has 1 unspecified atom stereocenters. The first-order chi connectivity index (χ1) is 10.1. The molecule has 0 aromatic carbocycles. The lowest BCUT2D eigenvalue weighted by molar-refractivity contribution is 0.0610. The quantitative estimate of drug-likeness (QED) is 0.816. The van der Waals surface area contributed by atoms with Gasteiger partial charge in [0.25, 0.3) is 5.91 Å². The highest BCUT2D eigenvalue weighted by molar-refractivity contribution is 9.10. The summed E-state index contributed by atoms with van der Waals surface area (Å²) in [5.41, 5.74) is 0. The summed E-state index contributed by atoms with van der Waals surface area (Å²) in [7, 11) is 0. The topological polar surface area (TPSA) is 63.0 Å². The largest absolute Gasteiger partial charge is 0.447 e. The predicted molar refractivity (Wildman–Crippen MR) is 78.0 cm³/mol. The van der Waals surface area contributed by atoms with Gasteiger partial charge in [0, 0.05) is 19.1 Å². The van der Waals surface area contributed by atoms with Gasteiger partial charge in [-0.2, -0.15) is 0 Å². The summed E-state index contributed by atoms with van der Waals surface area (Å²) in [4.78, 5) is 27.6. The Labute approximate surface area is 131 Å². The molecule has 7 heteroatoms. The maximum absolute atomic E-state index is 12.3. The Morgan fingerprint density at radius 3 is 2.57 bits per heavy atom. The standard InChI is InChI=1S/C14H17BrN2O4/c1-9-8-20-14(19)17(9)10-4-6-16(7-5-10)13(18)11-2-3-12(15)21-11/h2-3,9-10H,4-8H2,1H3. The van der Waals surface area contributed by atoms with Crippen molar-refractivity contribution in [1.82, 2.24) is 9.80 Å². The van der Waals surface area contributed by atoms with E-state index in [1.165, 1.54) is 0 Å². The summed E-state index contributed by atoms with van der Waals surface area (Å²) in [6, 6.07) is 3.65. The van der Waals surface area contributed by atoms with Gasteiger partial charge in [-0.3, -0.25) is 9.69 Å². The number of cyclic esters (lactones) is 1. The van der Waals surface area contributed by atoms with Crippen molar-refractivity contribution in [2.24, 2.45) is 0 Å². The second-order valence-electron chi connectivity index (χ2n) is 5.46. The Kier molecular flexibility index (Phi) is 3.93. The molecule has 3 rings (SSSR count). The van der Waals surface area contributed by atoms with E-state index < -0.39 is 0 Å². The van der Waals surface area contributed by atoms with Crippen molar-refractivity contribution >= 4 is 27.9 Å². The van der Waals surface area contributed by atoms with Crippen molar-refractivity contribution in [2.45, 2.75) is 31.8 Å². The van der Waals surface area contributed by atoms with E-state index in [0.29, 0.717) is 30.1 Å². The number of hydrogen-bond donors (Lipinski definition) is 0. The highest BCUT2D eigenvalue weighted by Gasteiger charge is 2.37. The molecule has 6 nitrogen and oxygen atoms in total. The Balaban J connectivity index is 1.60. The molecular formula is C14H17BrN2O4. The van der Waals surface area contributed by atoms with Gasteiger partial charge in [-0.15, -0.1) is 0 Å². The molecule has 0 saturated carbocycles. The second kappa shape index (κ2) is 5.71. The van der Waals surface area contributed by atoms with Crippen molar-refractivity contribution < 1.29 is 18.7 Å². The van der Waals surface area contributed by atoms with Crippen LogP contribution in [0.25, 0.3) is 0 Å². The summed E-state index contributed by atoms with van der Waals surface area (Å²) >= 11 is 3.20. The number of halogens is 1. The number of ether oxygens (including phenoxy) is 1. The molecule has 2 saturated heterocycles. The zero-order chi connectivity index (χ0) is 15.0. The number of nitrogens with zero attached hydrogens (tertiary/aromatic N) is 2. The molecule has 0 bridgehead atoms. The zero-order valence-electron chi connectivity index (χ0n) is 11.8. The Morgan fingerprint density at radius 1 is 1.33 bits per heavy atom. The fourth-order valence-electron chi connectivity index (χ4n) is 2.97. The van der Waals surface area contributed by atoms with Crippen LogP contribution in [0.4, 0.5) is 4.79 Å². The molecule has 0 spiro atoms. The number of piperidine rings is 1. The SMILES string of the molecule is CC1COC(=O)N1C1CCN(C(=O)c2ccc(Br)o2)CC1. The van der Waals surface area contributed by atoms with Crippen LogP contribution in [0.3, 0.4) is 0 Å². The molecule has 2 aliphatic heterocycles. The van der Waals surface area contributed by atoms with Gasteiger partial charge >= 0.3 is 6.09 Å². The van der Waals surface area contributed by atoms with Gasteiger partial charge in [-0.05, 0) is 47.8 Å². The van der Waals surface area contributed by atoms with Crippen LogP contribution in [0.2, 0.25) is 0 Å². The third kappa shape index (κ3) is 2.79. The molecule has 114 valence electrons. The van der Waals surface area contributed by atoms with E-state index in [9.17, 15) is 9.59 Å². The van der Waals surface area contributed by atoms with Crippen LogP contribution in [0.1, 0.15) is 30.3 Å². The van der Waals surface area contributed by atoms with Crippen LogP contribution in [0, 0.1) is 0 Å². The average Bonchev–Trinajstić information content (AvgIpc) is 3.05. The molecule has 1 aromatic heterocycles. The van der Waals surface area contributed by atoms with Crippen LogP contribution < -0.4 is 0 Å². The fraction of sp³-hybridized carbons (Fsp3) is 0.571. The number of hydrogen-bond acceptors (Lipinski definition) is 4. The smallest absolute Gasteiger partial charge is 0.410 e. The van der Waals surface area contributed by atoms with Gasteiger partial charge in [-0.25, -0.2) is 4.79 Å². The van der Waals surface area contributed by atoms with Gasteiger partial charge < -0.3 is 14.1 Å². The van der Waals surface area contributed by atoms with Crippen LogP contribution >= 0.6 is 15.9 Å². The fourth-order valence-corrected chi connectivity index (χ4v) is 3.27. The summed E-state index contributed by atoms with van der Waals surface area (Å²) < 4.78 is 10.9. The van der Waals surface area contributed by atoms with Crippen molar-refractivity contribution in [3.05, 3.63) is 22.6 Å². The highest BCUT2D eigenvalue weighted by Crippen LogP contribution is 2.25. The molecule has 2 fully saturated rings. The minimum absolute atomic E-state index is 0.101. The number of carbonyl (C=O) groups excluding carboxylic acids is 2. The van der Waals surface area contributed by atoms with Crippen molar-refractivity contribution in [1.29, 1.82) is 0 Å². The molecule has 0 aliphatic carbocycles. The monoisotopic (exact) mass is 356 g/mol. The van der Waals surface area contributed by atoms with Crippen LogP contribution in [0.15, 0.2) is 21.2 Å². The van der Waals surface area contributed by atoms with Crippen LogP contribution in [-0.2, 0) is 4.74 Å². The lowest BCUT2D eigenvalue weighted by Crippen LogP contribution is -2.49. The van der Waals surface area contributed by atoms with E-state index in [1.807, 2.05) is 11.8 Å². The Hall–Kier alpha value is -1.50. The lowest BCUT2D eigenvalue weighted by atomic mass is 10.0. The summed E-state index contributed by atoms with van der Waals surface area (Å²) in [5.74, 6) is 0.241. The molecule has 1 aromatic rings. The van der Waals surface area contributed by atoms with Gasteiger partial charge in [-0.1, -0.05) is 0 Å². The number of carbonyl (C=O) groups is 2. The Morgan fingerprint density at radius 2 is 2.05 bits per heavy atom. The van der Waals surface area contributed by atoms with Crippen LogP contribution in [0.5, 0.6) is 0 Å². The third-order valence-corrected chi connectivity index (χ3v) is 4.49. The van der Waals surface area contributed by atoms with Gasteiger partial charge in [0.2, 0.25) is 0 Å². The first-order valence-electron chi connectivity index (χ1n) is 7.06. The molecule has 2 aliphatic rings. The van der Waals surface area contributed by atoms with Crippen molar-refractivity contribution in [2.75, 3.05) is 19.7 Å². The van der Waals surface area contributed by atoms with Gasteiger partial charge in [0.05, 0.1) is 6.04 Å². The number of rotatable bonds is 2. The van der Waals surface area contributed by atoms with E-state index in [4.69, 9.17) is 9.15 Å². The minimum atomic E-state index is -0.234. The first kappa shape index (κ1) is 14.4. The van der Waals surface area contributed by atoms with Crippen LogP contribution in [-0.4, -0.2) is 53.6 Å². The lowest BCUT2D eigenvalue weighted by Gasteiger charge is -2.36. The van der Waals surface area contributed by atoms with E-state index in [1.54, 1.807) is 17.0 Å². The summed E-state index contributed by atoms with van der Waals surface area (Å²) in [5, 5.41) is 0. The van der Waals surface area contributed by atoms with E-state index in [0.717, 1.165) is 12.8 Å².